The highest BCUT2D eigenvalue weighted by Gasteiger charge is 2.36. The van der Waals surface area contributed by atoms with Gasteiger partial charge >= 0.3 is 11.8 Å². The zero-order chi connectivity index (χ0) is 19.3. The maximum Gasteiger partial charge on any atom is 0.309 e. The molecule has 0 unspecified atom stereocenters. The molecule has 1 saturated heterocycles. The van der Waals surface area contributed by atoms with Gasteiger partial charge in [-0.3, -0.25) is 9.59 Å². The fourth-order valence-electron chi connectivity index (χ4n) is 2.98. The van der Waals surface area contributed by atoms with Gasteiger partial charge in [-0.25, -0.2) is 8.42 Å². The number of furan rings is 1. The van der Waals surface area contributed by atoms with E-state index in [0.29, 0.717) is 19.4 Å². The maximum absolute atomic E-state index is 12.7. The summed E-state index contributed by atoms with van der Waals surface area (Å²) in [5.41, 5.74) is 0. The van der Waals surface area contributed by atoms with Gasteiger partial charge in [-0.1, -0.05) is 6.07 Å². The Morgan fingerprint density at radius 2 is 2.04 bits per heavy atom. The molecule has 8 nitrogen and oxygen atoms in total. The topological polar surface area (TPSA) is 109 Å². The lowest BCUT2D eigenvalue weighted by Gasteiger charge is -2.23. The SMILES string of the molecule is O=C(NCCc1ccco1)C(=O)NC[C@H]1CCCN1S(=O)(=O)c1cccs1. The molecule has 0 aromatic carbocycles. The van der Waals surface area contributed by atoms with Crippen molar-refractivity contribution in [1.29, 1.82) is 0 Å². The van der Waals surface area contributed by atoms with E-state index in [0.717, 1.165) is 12.2 Å². The first-order chi connectivity index (χ1) is 13.0. The van der Waals surface area contributed by atoms with Gasteiger partial charge in [-0.15, -0.1) is 11.3 Å². The van der Waals surface area contributed by atoms with Crippen LogP contribution in [0.3, 0.4) is 0 Å². The molecular weight excluding hydrogens is 390 g/mol. The van der Waals surface area contributed by atoms with Crippen LogP contribution in [0.4, 0.5) is 0 Å². The molecule has 1 fully saturated rings. The number of thiophene rings is 1. The normalized spacial score (nSPS) is 17.7. The van der Waals surface area contributed by atoms with Gasteiger partial charge in [0.05, 0.1) is 6.26 Å². The smallest absolute Gasteiger partial charge is 0.309 e. The summed E-state index contributed by atoms with van der Waals surface area (Å²) < 4.78 is 32.2. The zero-order valence-corrected chi connectivity index (χ0v) is 16.2. The van der Waals surface area contributed by atoms with Gasteiger partial charge < -0.3 is 15.1 Å². The Labute approximate surface area is 161 Å². The molecular formula is C17H21N3O5S2. The maximum atomic E-state index is 12.7. The summed E-state index contributed by atoms with van der Waals surface area (Å²) in [6.45, 7) is 0.799. The second-order valence-electron chi connectivity index (χ2n) is 6.14. The van der Waals surface area contributed by atoms with Crippen LogP contribution in [0.25, 0.3) is 0 Å². The highest BCUT2D eigenvalue weighted by atomic mass is 32.2. The first-order valence-corrected chi connectivity index (χ1v) is 10.9. The minimum atomic E-state index is -3.56. The molecule has 2 N–H and O–H groups in total. The van der Waals surface area contributed by atoms with Gasteiger partial charge in [-0.05, 0) is 36.4 Å². The quantitative estimate of drug-likeness (QED) is 0.660. The molecule has 146 valence electrons. The highest BCUT2D eigenvalue weighted by molar-refractivity contribution is 7.91. The monoisotopic (exact) mass is 411 g/mol. The van der Waals surface area contributed by atoms with E-state index in [9.17, 15) is 18.0 Å². The molecule has 2 aromatic heterocycles. The van der Waals surface area contributed by atoms with Crippen molar-refractivity contribution in [2.24, 2.45) is 0 Å². The average molecular weight is 412 g/mol. The van der Waals surface area contributed by atoms with Gasteiger partial charge in [0.25, 0.3) is 10.0 Å². The molecule has 0 bridgehead atoms. The predicted molar refractivity (Wildman–Crippen MR) is 99.7 cm³/mol. The first kappa shape index (κ1) is 19.6. The number of carbonyl (C=O) groups is 2. The van der Waals surface area contributed by atoms with Crippen LogP contribution in [-0.4, -0.2) is 50.2 Å². The van der Waals surface area contributed by atoms with E-state index in [2.05, 4.69) is 10.6 Å². The van der Waals surface area contributed by atoms with Crippen molar-refractivity contribution in [2.75, 3.05) is 19.6 Å². The van der Waals surface area contributed by atoms with Crippen molar-refractivity contribution in [3.05, 3.63) is 41.7 Å². The molecule has 3 heterocycles. The number of carbonyl (C=O) groups excluding carboxylic acids is 2. The Balaban J connectivity index is 1.48. The molecule has 3 rings (SSSR count). The van der Waals surface area contributed by atoms with Crippen molar-refractivity contribution in [3.8, 4) is 0 Å². The first-order valence-electron chi connectivity index (χ1n) is 8.62. The summed E-state index contributed by atoms with van der Waals surface area (Å²) >= 11 is 1.17. The van der Waals surface area contributed by atoms with Gasteiger partial charge in [0.1, 0.15) is 9.97 Å². The minimum absolute atomic E-state index is 0.106. The van der Waals surface area contributed by atoms with Crippen LogP contribution < -0.4 is 10.6 Å². The van der Waals surface area contributed by atoms with E-state index in [1.165, 1.54) is 15.6 Å². The van der Waals surface area contributed by atoms with Gasteiger partial charge in [-0.2, -0.15) is 4.31 Å². The summed E-state index contributed by atoms with van der Waals surface area (Å²) in [5.74, 6) is -0.793. The summed E-state index contributed by atoms with van der Waals surface area (Å²) in [4.78, 5) is 23.8. The van der Waals surface area contributed by atoms with Crippen molar-refractivity contribution in [1.82, 2.24) is 14.9 Å². The van der Waals surface area contributed by atoms with E-state index < -0.39 is 21.8 Å². The largest absolute Gasteiger partial charge is 0.469 e. The number of amides is 2. The Morgan fingerprint density at radius 1 is 1.22 bits per heavy atom. The van der Waals surface area contributed by atoms with Crippen LogP contribution in [0.15, 0.2) is 44.5 Å². The van der Waals surface area contributed by atoms with E-state index in [-0.39, 0.29) is 23.3 Å². The average Bonchev–Trinajstić information content (AvgIpc) is 3.41. The summed E-state index contributed by atoms with van der Waals surface area (Å²) in [5, 5.41) is 6.77. The lowest BCUT2D eigenvalue weighted by atomic mass is 10.2. The van der Waals surface area contributed by atoms with Crippen LogP contribution >= 0.6 is 11.3 Å². The van der Waals surface area contributed by atoms with Crippen LogP contribution in [0.1, 0.15) is 18.6 Å². The third-order valence-electron chi connectivity index (χ3n) is 4.32. The van der Waals surface area contributed by atoms with Gasteiger partial charge in [0.15, 0.2) is 0 Å². The molecule has 2 amide bonds. The van der Waals surface area contributed by atoms with Gasteiger partial charge in [0, 0.05) is 32.1 Å². The Kier molecular flexibility index (Phi) is 6.30. The molecule has 0 saturated carbocycles. The number of rotatable bonds is 7. The molecule has 10 heteroatoms. The lowest BCUT2D eigenvalue weighted by molar-refractivity contribution is -0.139. The summed E-state index contributed by atoms with van der Waals surface area (Å²) in [7, 11) is -3.56. The van der Waals surface area contributed by atoms with E-state index in [1.807, 2.05) is 0 Å². The third kappa shape index (κ3) is 4.76. The van der Waals surface area contributed by atoms with E-state index in [1.54, 1.807) is 35.9 Å². The summed E-state index contributed by atoms with van der Waals surface area (Å²) in [6.07, 6.45) is 3.40. The fourth-order valence-corrected chi connectivity index (χ4v) is 5.79. The minimum Gasteiger partial charge on any atom is -0.469 e. The second kappa shape index (κ2) is 8.68. The van der Waals surface area contributed by atoms with E-state index >= 15 is 0 Å². The molecule has 1 atom stereocenters. The number of sulfonamides is 1. The molecule has 27 heavy (non-hydrogen) atoms. The standard InChI is InChI=1S/C17H21N3O5S2/c21-16(18-8-7-14-5-2-10-25-14)17(22)19-12-13-4-1-9-20(13)27(23,24)15-6-3-11-26-15/h2-3,5-6,10-11,13H,1,4,7-9,12H2,(H,18,21)(H,19,22)/t13-/m1/s1. The summed E-state index contributed by atoms with van der Waals surface area (Å²) in [6, 6.07) is 6.45. The van der Waals surface area contributed by atoms with Crippen LogP contribution in [0, 0.1) is 0 Å². The number of hydrogen-bond donors (Lipinski definition) is 2. The molecule has 0 aliphatic carbocycles. The van der Waals surface area contributed by atoms with Crippen molar-refractivity contribution in [3.63, 3.8) is 0 Å². The Morgan fingerprint density at radius 3 is 2.74 bits per heavy atom. The van der Waals surface area contributed by atoms with Gasteiger partial charge in [0.2, 0.25) is 0 Å². The van der Waals surface area contributed by atoms with E-state index in [4.69, 9.17) is 4.42 Å². The van der Waals surface area contributed by atoms with Crippen molar-refractivity contribution < 1.29 is 22.4 Å². The number of nitrogens with zero attached hydrogens (tertiary/aromatic N) is 1. The number of nitrogens with one attached hydrogen (secondary N) is 2. The fraction of sp³-hybridized carbons (Fsp3) is 0.412. The highest BCUT2D eigenvalue weighted by Crippen LogP contribution is 2.28. The molecule has 1 aliphatic rings. The predicted octanol–water partition coefficient (Wildman–Crippen LogP) is 0.969. The van der Waals surface area contributed by atoms with Crippen molar-refractivity contribution >= 4 is 33.2 Å². The molecule has 0 spiro atoms. The van der Waals surface area contributed by atoms with Crippen LogP contribution in [-0.2, 0) is 26.0 Å². The second-order valence-corrected chi connectivity index (χ2v) is 9.20. The van der Waals surface area contributed by atoms with Crippen LogP contribution in [0.2, 0.25) is 0 Å². The number of hydrogen-bond acceptors (Lipinski definition) is 6. The third-order valence-corrected chi connectivity index (χ3v) is 7.65. The Hall–Kier alpha value is -2.17. The molecule has 2 aromatic rings. The molecule has 0 radical (unpaired) electrons. The molecule has 1 aliphatic heterocycles. The van der Waals surface area contributed by atoms with Crippen molar-refractivity contribution in [2.45, 2.75) is 29.5 Å². The lowest BCUT2D eigenvalue weighted by Crippen LogP contribution is -2.47. The Bertz CT molecular complexity index is 863. The zero-order valence-electron chi connectivity index (χ0n) is 14.6. The van der Waals surface area contributed by atoms with Crippen LogP contribution in [0.5, 0.6) is 0 Å².